The van der Waals surface area contributed by atoms with Crippen LogP contribution in [-0.4, -0.2) is 24.1 Å². The van der Waals surface area contributed by atoms with E-state index in [-0.39, 0.29) is 0 Å². The second-order valence-corrected chi connectivity index (χ2v) is 16.2. The molecule has 9 aromatic carbocycles. The van der Waals surface area contributed by atoms with Gasteiger partial charge < -0.3 is 9.13 Å². The zero-order valence-corrected chi connectivity index (χ0v) is 35.3. The molecule has 0 radical (unpaired) electrons. The van der Waals surface area contributed by atoms with Crippen LogP contribution in [-0.2, 0) is 0 Å². The van der Waals surface area contributed by atoms with Crippen LogP contribution in [0.5, 0.6) is 0 Å². The molecule has 7 nitrogen and oxygen atoms in total. The largest absolute Gasteiger partial charge is 0.309 e. The molecule has 7 heteroatoms. The summed E-state index contributed by atoms with van der Waals surface area (Å²) in [5.41, 5.74) is 13.7. The number of rotatable bonds is 7. The van der Waals surface area contributed by atoms with Crippen LogP contribution in [0.15, 0.2) is 212 Å². The van der Waals surface area contributed by atoms with E-state index < -0.39 is 0 Å². The molecule has 0 amide bonds. The molecule has 0 fully saturated rings. The average molecular weight is 842 g/mol. The number of nitriles is 1. The fourth-order valence-corrected chi connectivity index (χ4v) is 9.36. The quantitative estimate of drug-likeness (QED) is 0.150. The van der Waals surface area contributed by atoms with Crippen LogP contribution in [0.25, 0.3) is 116 Å². The van der Waals surface area contributed by atoms with E-state index in [1.165, 1.54) is 10.8 Å². The molecule has 66 heavy (non-hydrogen) atoms. The van der Waals surface area contributed by atoms with E-state index in [0.29, 0.717) is 28.7 Å². The minimum Gasteiger partial charge on any atom is -0.309 e. The van der Waals surface area contributed by atoms with E-state index in [4.69, 9.17) is 21.5 Å². The summed E-state index contributed by atoms with van der Waals surface area (Å²) in [7, 11) is 0. The molecule has 0 N–H and O–H groups in total. The monoisotopic (exact) mass is 841 g/mol. The molecule has 3 aromatic heterocycles. The van der Waals surface area contributed by atoms with E-state index in [2.05, 4.69) is 123 Å². The van der Waals surface area contributed by atoms with Crippen LogP contribution in [0.2, 0.25) is 0 Å². The second kappa shape index (κ2) is 15.7. The lowest BCUT2D eigenvalue weighted by atomic mass is 9.92. The Morgan fingerprint density at radius 1 is 0.394 bits per heavy atom. The third-order valence-corrected chi connectivity index (χ3v) is 12.4. The van der Waals surface area contributed by atoms with E-state index >= 15 is 0 Å². The van der Waals surface area contributed by atoms with Gasteiger partial charge in [0.25, 0.3) is 0 Å². The molecule has 3 heterocycles. The molecule has 12 rings (SSSR count). The summed E-state index contributed by atoms with van der Waals surface area (Å²) >= 11 is 0. The number of hydrogen-bond donors (Lipinski definition) is 0. The Bertz CT molecular complexity index is 3740. The highest BCUT2D eigenvalue weighted by Crippen LogP contribution is 2.45. The van der Waals surface area contributed by atoms with Crippen LogP contribution in [0.3, 0.4) is 0 Å². The predicted octanol–water partition coefficient (Wildman–Crippen LogP) is 14.8. The fraction of sp³-hybridized carbons (Fsp3) is 0. The Morgan fingerprint density at radius 3 is 1.35 bits per heavy atom. The van der Waals surface area contributed by atoms with Crippen LogP contribution in [0.1, 0.15) is 5.56 Å². The van der Waals surface area contributed by atoms with Crippen molar-refractivity contribution in [3.8, 4) is 73.9 Å². The number of nitrogens with zero attached hydrogens (tertiary/aromatic N) is 7. The first-order valence-electron chi connectivity index (χ1n) is 21.7. The normalized spacial score (nSPS) is 11.3. The van der Waals surface area contributed by atoms with Crippen molar-refractivity contribution < 1.29 is 0 Å². The Labute approximate surface area is 380 Å². The topological polar surface area (TPSA) is 76.7 Å². The van der Waals surface area contributed by atoms with Crippen LogP contribution < -0.4 is 0 Å². The van der Waals surface area contributed by atoms with Crippen molar-refractivity contribution in [2.45, 2.75) is 0 Å². The van der Waals surface area contributed by atoms with Gasteiger partial charge in [0.1, 0.15) is 0 Å². The molecule has 0 unspecified atom stereocenters. The van der Waals surface area contributed by atoms with Crippen molar-refractivity contribution in [3.63, 3.8) is 0 Å². The molecule has 306 valence electrons. The maximum atomic E-state index is 9.92. The maximum Gasteiger partial charge on any atom is 0.187 e. The molecule has 0 atom stereocenters. The number of aromatic nitrogens is 5. The molecule has 12 aromatic rings. The van der Waals surface area contributed by atoms with Gasteiger partial charge in [0.15, 0.2) is 23.2 Å². The highest BCUT2D eigenvalue weighted by Gasteiger charge is 2.24. The van der Waals surface area contributed by atoms with Gasteiger partial charge in [-0.1, -0.05) is 152 Å². The van der Waals surface area contributed by atoms with Gasteiger partial charge >= 0.3 is 0 Å². The number of benzene rings is 9. The highest BCUT2D eigenvalue weighted by molar-refractivity contribution is 6.13. The molecule has 0 aliphatic carbocycles. The minimum atomic E-state index is 0.515. The van der Waals surface area contributed by atoms with Gasteiger partial charge in [-0.15, -0.1) is 0 Å². The van der Waals surface area contributed by atoms with Crippen molar-refractivity contribution >= 4 is 49.3 Å². The average Bonchev–Trinajstić information content (AvgIpc) is 3.91. The van der Waals surface area contributed by atoms with Crippen LogP contribution >= 0.6 is 0 Å². The van der Waals surface area contributed by atoms with Crippen LogP contribution in [0.4, 0.5) is 5.69 Å². The third-order valence-electron chi connectivity index (χ3n) is 12.4. The zero-order chi connectivity index (χ0) is 44.1. The second-order valence-electron chi connectivity index (χ2n) is 16.2. The fourth-order valence-electron chi connectivity index (χ4n) is 9.36. The van der Waals surface area contributed by atoms with E-state index in [1.54, 1.807) is 0 Å². The molecular formula is C59H35N7. The summed E-state index contributed by atoms with van der Waals surface area (Å²) < 4.78 is 4.73. The van der Waals surface area contributed by atoms with Crippen molar-refractivity contribution in [2.75, 3.05) is 0 Å². The van der Waals surface area contributed by atoms with Crippen LogP contribution in [0, 0.1) is 17.9 Å². The first-order valence-corrected chi connectivity index (χ1v) is 21.7. The summed E-state index contributed by atoms with van der Waals surface area (Å²) in [6, 6.07) is 74.7. The van der Waals surface area contributed by atoms with Gasteiger partial charge in [-0.3, -0.25) is 0 Å². The lowest BCUT2D eigenvalue weighted by Crippen LogP contribution is -2.04. The Balaban J connectivity index is 1.18. The molecule has 0 aliphatic rings. The van der Waals surface area contributed by atoms with Crippen molar-refractivity contribution in [2.24, 2.45) is 0 Å². The molecule has 0 spiro atoms. The molecular weight excluding hydrogens is 807 g/mol. The van der Waals surface area contributed by atoms with Crippen molar-refractivity contribution in [3.05, 3.63) is 229 Å². The maximum absolute atomic E-state index is 9.92. The predicted molar refractivity (Wildman–Crippen MR) is 267 cm³/mol. The smallest absolute Gasteiger partial charge is 0.187 e. The summed E-state index contributed by atoms with van der Waals surface area (Å²) in [4.78, 5) is 19.1. The van der Waals surface area contributed by atoms with Gasteiger partial charge in [-0.25, -0.2) is 19.8 Å². The summed E-state index contributed by atoms with van der Waals surface area (Å²) in [6.45, 7) is 7.80. The number of fused-ring (bicyclic) bond motifs is 6. The SMILES string of the molecule is [C-]#[N+]c1ccc(-c2cc(-c3nc(-c4ccccc4)nc(-c4ccccc4)n3)cc(-c3ccc(C#N)cc3)c2-n2c3ccccc3c3cc(-n4c5ccccc5c5ccccc54)ccc32)cc1. The van der Waals surface area contributed by atoms with E-state index in [0.717, 1.165) is 83.2 Å². The van der Waals surface area contributed by atoms with E-state index in [1.807, 2.05) is 109 Å². The van der Waals surface area contributed by atoms with Gasteiger partial charge in [-0.05, 0) is 71.8 Å². The lowest BCUT2D eigenvalue weighted by molar-refractivity contribution is 1.07. The standard InChI is InChI=1S/C59H35N7/c1-61-44-30-28-40(29-31-44)50-35-43(59-63-57(41-14-4-2-5-15-41)62-58(64-59)42-16-6-3-7-17-42)34-49(39-26-24-38(37-60)25-27-39)56(50)66-54-23-13-10-20-48(54)51-36-45(32-33-55(51)66)65-52-21-11-8-18-46(52)47-19-9-12-22-53(47)65/h2-36H. The molecule has 0 saturated heterocycles. The zero-order valence-electron chi connectivity index (χ0n) is 35.3. The summed E-state index contributed by atoms with van der Waals surface area (Å²) in [5, 5.41) is 14.5. The summed E-state index contributed by atoms with van der Waals surface area (Å²) in [6.07, 6.45) is 0. The van der Waals surface area contributed by atoms with Gasteiger partial charge in [0.05, 0.1) is 46.0 Å². The Hall–Kier alpha value is -9.43. The van der Waals surface area contributed by atoms with Gasteiger partial charge in [0.2, 0.25) is 0 Å². The van der Waals surface area contributed by atoms with E-state index in [9.17, 15) is 5.26 Å². The minimum absolute atomic E-state index is 0.515. The first-order chi connectivity index (χ1) is 32.6. The van der Waals surface area contributed by atoms with Gasteiger partial charge in [-0.2, -0.15) is 5.26 Å². The lowest BCUT2D eigenvalue weighted by Gasteiger charge is -2.21. The first kappa shape index (κ1) is 38.3. The molecule has 0 saturated carbocycles. The molecule has 0 aliphatic heterocycles. The summed E-state index contributed by atoms with van der Waals surface area (Å²) in [5.74, 6) is 1.64. The number of para-hydroxylation sites is 3. The third kappa shape index (κ3) is 6.39. The Kier molecular flexibility index (Phi) is 9.12. The van der Waals surface area contributed by atoms with Gasteiger partial charge in [0, 0.05) is 55.0 Å². The molecule has 0 bridgehead atoms. The highest BCUT2D eigenvalue weighted by atomic mass is 15.0. The Morgan fingerprint density at radius 2 is 0.833 bits per heavy atom. The van der Waals surface area contributed by atoms with Crippen molar-refractivity contribution in [1.82, 2.24) is 24.1 Å². The van der Waals surface area contributed by atoms with Crippen molar-refractivity contribution in [1.29, 1.82) is 5.26 Å². The number of hydrogen-bond acceptors (Lipinski definition) is 4.